The zero-order valence-electron chi connectivity index (χ0n) is 15.1. The highest BCUT2D eigenvalue weighted by atomic mass is 16.5. The van der Waals surface area contributed by atoms with Gasteiger partial charge in [-0.15, -0.1) is 0 Å². The van der Waals surface area contributed by atoms with Crippen LogP contribution < -0.4 is 15.4 Å². The number of pyridine rings is 1. The molecule has 0 bridgehead atoms. The van der Waals surface area contributed by atoms with Crippen LogP contribution in [-0.4, -0.2) is 16.8 Å². The van der Waals surface area contributed by atoms with E-state index in [9.17, 15) is 9.59 Å². The second-order valence-electron chi connectivity index (χ2n) is 6.48. The van der Waals surface area contributed by atoms with Crippen molar-refractivity contribution >= 4 is 11.8 Å². The maximum Gasteiger partial charge on any atom is 0.252 e. The summed E-state index contributed by atoms with van der Waals surface area (Å²) in [4.78, 5) is 28.7. The molecule has 1 atom stereocenters. The topological polar surface area (TPSA) is 80.3 Å². The van der Waals surface area contributed by atoms with Crippen LogP contribution >= 0.6 is 0 Å². The molecule has 0 aliphatic carbocycles. The van der Waals surface area contributed by atoms with E-state index in [4.69, 9.17) is 4.74 Å². The summed E-state index contributed by atoms with van der Waals surface area (Å²) in [5, 5.41) is 5.74. The minimum Gasteiger partial charge on any atom is -0.439 e. The molecule has 0 saturated carbocycles. The molecule has 6 heteroatoms. The second-order valence-corrected chi connectivity index (χ2v) is 6.48. The van der Waals surface area contributed by atoms with Crippen LogP contribution in [0.3, 0.4) is 0 Å². The first-order chi connectivity index (χ1) is 13.7. The van der Waals surface area contributed by atoms with Crippen molar-refractivity contribution in [1.82, 2.24) is 15.6 Å². The van der Waals surface area contributed by atoms with E-state index in [-0.39, 0.29) is 30.8 Å². The Bertz CT molecular complexity index is 1000. The van der Waals surface area contributed by atoms with E-state index in [0.29, 0.717) is 17.2 Å². The first-order valence-electron chi connectivity index (χ1n) is 9.04. The number of amides is 2. The molecular formula is C22H19N3O3. The van der Waals surface area contributed by atoms with Crippen molar-refractivity contribution in [1.29, 1.82) is 0 Å². The van der Waals surface area contributed by atoms with Crippen LogP contribution in [0.15, 0.2) is 72.9 Å². The van der Waals surface area contributed by atoms with E-state index in [1.165, 1.54) is 0 Å². The Labute approximate surface area is 162 Å². The first kappa shape index (κ1) is 17.7. The smallest absolute Gasteiger partial charge is 0.252 e. The third-order valence-electron chi connectivity index (χ3n) is 4.56. The number of hydrogen-bond donors (Lipinski definition) is 2. The predicted octanol–water partition coefficient (Wildman–Crippen LogP) is 3.36. The minimum atomic E-state index is -0.308. The largest absolute Gasteiger partial charge is 0.439 e. The van der Waals surface area contributed by atoms with Crippen LogP contribution in [0.4, 0.5) is 0 Å². The lowest BCUT2D eigenvalue weighted by atomic mass is 10.0. The van der Waals surface area contributed by atoms with Gasteiger partial charge in [0.1, 0.15) is 5.75 Å². The predicted molar refractivity (Wildman–Crippen MR) is 104 cm³/mol. The molecule has 2 amide bonds. The Balaban J connectivity index is 1.39. The van der Waals surface area contributed by atoms with Crippen LogP contribution in [0.1, 0.15) is 33.9 Å². The van der Waals surface area contributed by atoms with E-state index < -0.39 is 0 Å². The lowest BCUT2D eigenvalue weighted by molar-refractivity contribution is -0.121. The van der Waals surface area contributed by atoms with Crippen LogP contribution in [0, 0.1) is 0 Å². The van der Waals surface area contributed by atoms with Crippen molar-refractivity contribution < 1.29 is 14.3 Å². The highest BCUT2D eigenvalue weighted by Gasteiger charge is 2.29. The fraction of sp³-hybridized carbons (Fsp3) is 0.136. The van der Waals surface area contributed by atoms with E-state index >= 15 is 0 Å². The highest BCUT2D eigenvalue weighted by Crippen LogP contribution is 2.27. The molecule has 1 aromatic heterocycles. The Morgan fingerprint density at radius 1 is 1.04 bits per heavy atom. The molecule has 0 radical (unpaired) electrons. The lowest BCUT2D eigenvalue weighted by Crippen LogP contribution is -2.28. The van der Waals surface area contributed by atoms with E-state index in [0.717, 1.165) is 11.1 Å². The normalized spacial score (nSPS) is 14.9. The van der Waals surface area contributed by atoms with E-state index in [1.54, 1.807) is 18.3 Å². The van der Waals surface area contributed by atoms with Gasteiger partial charge in [-0.25, -0.2) is 4.98 Å². The summed E-state index contributed by atoms with van der Waals surface area (Å²) in [5.41, 5.74) is 2.26. The summed E-state index contributed by atoms with van der Waals surface area (Å²) in [5.74, 6) is 0.836. The van der Waals surface area contributed by atoms with Crippen LogP contribution in [0.25, 0.3) is 0 Å². The number of nitrogens with one attached hydrogen (secondary N) is 2. The molecule has 1 aliphatic rings. The summed E-state index contributed by atoms with van der Waals surface area (Å²) in [7, 11) is 0. The standard InChI is InChI=1S/C22H19N3O3/c26-20(13-19-17-10-4-5-11-18(17)21(27)25-19)24-14-15-7-6-12-23-22(15)28-16-8-2-1-3-9-16/h1-12,19H,13-14H2,(H,24,26)(H,25,27)/t19-/m1/s1. The lowest BCUT2D eigenvalue weighted by Gasteiger charge is -2.13. The number of carbonyl (C=O) groups is 2. The molecule has 0 saturated heterocycles. The van der Waals surface area contributed by atoms with Crippen molar-refractivity contribution in [2.75, 3.05) is 0 Å². The van der Waals surface area contributed by atoms with Crippen molar-refractivity contribution in [2.24, 2.45) is 0 Å². The number of fused-ring (bicyclic) bond motifs is 1. The average molecular weight is 373 g/mol. The molecular weight excluding hydrogens is 354 g/mol. The molecule has 2 heterocycles. The Kier molecular flexibility index (Phi) is 5.01. The number of nitrogens with zero attached hydrogens (tertiary/aromatic N) is 1. The summed E-state index contributed by atoms with van der Waals surface area (Å²) in [6, 6.07) is 20.0. The zero-order valence-corrected chi connectivity index (χ0v) is 15.1. The highest BCUT2D eigenvalue weighted by molar-refractivity contribution is 5.99. The van der Waals surface area contributed by atoms with Crippen LogP contribution in [0.5, 0.6) is 11.6 Å². The molecule has 1 aliphatic heterocycles. The monoisotopic (exact) mass is 373 g/mol. The number of rotatable bonds is 6. The fourth-order valence-corrected chi connectivity index (χ4v) is 3.18. The maximum absolute atomic E-state index is 12.4. The van der Waals surface area contributed by atoms with Gasteiger partial charge >= 0.3 is 0 Å². The van der Waals surface area contributed by atoms with Gasteiger partial charge in [-0.2, -0.15) is 0 Å². The minimum absolute atomic E-state index is 0.140. The number of ether oxygens (including phenoxy) is 1. The summed E-state index contributed by atoms with van der Waals surface area (Å²) in [6.45, 7) is 0.289. The number of para-hydroxylation sites is 1. The molecule has 0 spiro atoms. The van der Waals surface area contributed by atoms with Crippen molar-refractivity contribution in [3.8, 4) is 11.6 Å². The molecule has 2 N–H and O–H groups in total. The first-order valence-corrected chi connectivity index (χ1v) is 9.04. The van der Waals surface area contributed by atoms with Crippen LogP contribution in [-0.2, 0) is 11.3 Å². The number of benzene rings is 2. The molecule has 0 unspecified atom stereocenters. The van der Waals surface area contributed by atoms with Gasteiger partial charge in [0.25, 0.3) is 5.91 Å². The number of carbonyl (C=O) groups excluding carboxylic acids is 2. The van der Waals surface area contributed by atoms with Crippen LogP contribution in [0.2, 0.25) is 0 Å². The quantitative estimate of drug-likeness (QED) is 0.694. The molecule has 28 heavy (non-hydrogen) atoms. The summed E-state index contributed by atoms with van der Waals surface area (Å²) in [6.07, 6.45) is 1.83. The van der Waals surface area contributed by atoms with Gasteiger partial charge in [0.2, 0.25) is 11.8 Å². The molecule has 6 nitrogen and oxygen atoms in total. The Hall–Kier alpha value is -3.67. The molecule has 4 rings (SSSR count). The summed E-state index contributed by atoms with van der Waals surface area (Å²) < 4.78 is 5.82. The molecule has 0 fully saturated rings. The van der Waals surface area contributed by atoms with Gasteiger partial charge in [-0.3, -0.25) is 9.59 Å². The van der Waals surface area contributed by atoms with Gasteiger partial charge in [0, 0.05) is 23.9 Å². The van der Waals surface area contributed by atoms with Crippen molar-refractivity contribution in [3.63, 3.8) is 0 Å². The van der Waals surface area contributed by atoms with E-state index in [1.807, 2.05) is 54.6 Å². The number of hydrogen-bond acceptors (Lipinski definition) is 4. The zero-order chi connectivity index (χ0) is 19.3. The Morgan fingerprint density at radius 2 is 1.82 bits per heavy atom. The molecule has 2 aromatic carbocycles. The maximum atomic E-state index is 12.4. The third kappa shape index (κ3) is 3.86. The Morgan fingerprint density at radius 3 is 2.68 bits per heavy atom. The fourth-order valence-electron chi connectivity index (χ4n) is 3.18. The van der Waals surface area contributed by atoms with Gasteiger partial charge in [0.15, 0.2) is 0 Å². The van der Waals surface area contributed by atoms with Gasteiger partial charge in [0.05, 0.1) is 12.5 Å². The van der Waals surface area contributed by atoms with Crippen molar-refractivity contribution in [2.45, 2.75) is 19.0 Å². The average Bonchev–Trinajstić information content (AvgIpc) is 3.04. The third-order valence-corrected chi connectivity index (χ3v) is 4.56. The summed E-state index contributed by atoms with van der Waals surface area (Å²) >= 11 is 0. The van der Waals surface area contributed by atoms with Gasteiger partial charge < -0.3 is 15.4 Å². The van der Waals surface area contributed by atoms with Gasteiger partial charge in [-0.1, -0.05) is 42.5 Å². The molecule has 140 valence electrons. The SMILES string of the molecule is O=C(C[C@H]1NC(=O)c2ccccc21)NCc1cccnc1Oc1ccccc1. The second kappa shape index (κ2) is 7.92. The number of aromatic nitrogens is 1. The molecule has 3 aromatic rings. The van der Waals surface area contributed by atoms with E-state index in [2.05, 4.69) is 15.6 Å². The van der Waals surface area contributed by atoms with Gasteiger partial charge in [-0.05, 0) is 29.8 Å². The van der Waals surface area contributed by atoms with Crippen molar-refractivity contribution in [3.05, 3.63) is 89.6 Å².